The van der Waals surface area contributed by atoms with Crippen LogP contribution >= 0.6 is 0 Å². The van der Waals surface area contributed by atoms with Gasteiger partial charge in [-0.05, 0) is 55.5 Å². The molecule has 1 aliphatic heterocycles. The van der Waals surface area contributed by atoms with Gasteiger partial charge in [-0.2, -0.15) is 0 Å². The van der Waals surface area contributed by atoms with Crippen molar-refractivity contribution in [1.29, 1.82) is 0 Å². The number of hydrogen-bond donors (Lipinski definition) is 1. The largest absolute Gasteiger partial charge is 0.505 e. The Hall–Kier alpha value is -3.75. The van der Waals surface area contributed by atoms with Gasteiger partial charge in [0.25, 0.3) is 5.56 Å². The van der Waals surface area contributed by atoms with Crippen LogP contribution in [0.15, 0.2) is 41.3 Å². The molecule has 172 valence electrons. The molecule has 0 unspecified atom stereocenters. The van der Waals surface area contributed by atoms with Gasteiger partial charge in [-0.3, -0.25) is 19.1 Å². The zero-order valence-electron chi connectivity index (χ0n) is 18.2. The van der Waals surface area contributed by atoms with Crippen molar-refractivity contribution < 1.29 is 23.8 Å². The lowest BCUT2D eigenvalue weighted by Gasteiger charge is -2.18. The van der Waals surface area contributed by atoms with E-state index in [0.717, 1.165) is 18.4 Å². The maximum atomic E-state index is 13.2. The number of amides is 1. The highest BCUT2D eigenvalue weighted by molar-refractivity contribution is 5.98. The van der Waals surface area contributed by atoms with Gasteiger partial charge in [-0.15, -0.1) is 0 Å². The summed E-state index contributed by atoms with van der Waals surface area (Å²) < 4.78 is 19.3. The standard InChI is InChI=1S/C24H24FN3O5/c1-2-33-24(32)20-22(30)21-18(28(23(20)31)14-19(29)27-9-3-4-10-27)12-16(13-26-21)11-15-5-7-17(25)8-6-15/h5-8,12-13,30H,2-4,9-11,14H2,1H3. The highest BCUT2D eigenvalue weighted by Crippen LogP contribution is 2.27. The molecule has 4 rings (SSSR count). The fourth-order valence-electron chi connectivity index (χ4n) is 4.03. The molecule has 9 heteroatoms. The number of carbonyl (C=O) groups excluding carboxylic acids is 2. The molecule has 33 heavy (non-hydrogen) atoms. The van der Waals surface area contributed by atoms with Crippen LogP contribution in [0.25, 0.3) is 11.0 Å². The maximum Gasteiger partial charge on any atom is 0.347 e. The van der Waals surface area contributed by atoms with Crippen LogP contribution in [0.4, 0.5) is 4.39 Å². The van der Waals surface area contributed by atoms with E-state index in [4.69, 9.17) is 4.74 Å². The van der Waals surface area contributed by atoms with Crippen LogP contribution in [-0.2, 0) is 22.5 Å². The van der Waals surface area contributed by atoms with Crippen LogP contribution < -0.4 is 5.56 Å². The highest BCUT2D eigenvalue weighted by Gasteiger charge is 2.27. The Kier molecular flexibility index (Phi) is 6.39. The van der Waals surface area contributed by atoms with Gasteiger partial charge in [0.2, 0.25) is 5.91 Å². The molecular weight excluding hydrogens is 429 g/mol. The lowest BCUT2D eigenvalue weighted by molar-refractivity contribution is -0.130. The Labute approximate surface area is 189 Å². The van der Waals surface area contributed by atoms with E-state index < -0.39 is 22.8 Å². The Morgan fingerprint density at radius 2 is 1.85 bits per heavy atom. The molecule has 3 heterocycles. The average molecular weight is 453 g/mol. The number of aromatic hydroxyl groups is 1. The Morgan fingerprint density at radius 3 is 2.52 bits per heavy atom. The van der Waals surface area contributed by atoms with Crippen LogP contribution in [-0.4, -0.2) is 51.1 Å². The predicted octanol–water partition coefficient (Wildman–Crippen LogP) is 2.63. The number of likely N-dealkylation sites (tertiary alicyclic amines) is 1. The van der Waals surface area contributed by atoms with Crippen molar-refractivity contribution in [2.75, 3.05) is 19.7 Å². The number of rotatable bonds is 6. The van der Waals surface area contributed by atoms with Crippen molar-refractivity contribution in [3.05, 3.63) is 69.4 Å². The van der Waals surface area contributed by atoms with Crippen LogP contribution in [0.2, 0.25) is 0 Å². The number of halogens is 1. The van der Waals surface area contributed by atoms with Crippen molar-refractivity contribution in [3.8, 4) is 5.75 Å². The number of hydrogen-bond acceptors (Lipinski definition) is 6. The zero-order chi connectivity index (χ0) is 23.5. The van der Waals surface area contributed by atoms with Gasteiger partial charge in [0.15, 0.2) is 11.3 Å². The number of benzene rings is 1. The summed E-state index contributed by atoms with van der Waals surface area (Å²) in [6.45, 7) is 2.55. The minimum Gasteiger partial charge on any atom is -0.505 e. The SMILES string of the molecule is CCOC(=O)c1c(O)c2ncc(Cc3ccc(F)cc3)cc2n(CC(=O)N2CCCC2)c1=O. The maximum absolute atomic E-state index is 13.2. The van der Waals surface area contributed by atoms with Crippen molar-refractivity contribution in [2.24, 2.45) is 0 Å². The Bertz CT molecular complexity index is 1260. The highest BCUT2D eigenvalue weighted by atomic mass is 19.1. The third kappa shape index (κ3) is 4.57. The molecule has 1 aliphatic rings. The van der Waals surface area contributed by atoms with Crippen LogP contribution in [0.3, 0.4) is 0 Å². The molecule has 0 bridgehead atoms. The van der Waals surface area contributed by atoms with Gasteiger partial charge < -0.3 is 14.7 Å². The number of carbonyl (C=O) groups is 2. The molecule has 8 nitrogen and oxygen atoms in total. The molecule has 2 aromatic heterocycles. The molecular formula is C24H24FN3O5. The van der Waals surface area contributed by atoms with E-state index in [0.29, 0.717) is 25.1 Å². The van der Waals surface area contributed by atoms with E-state index in [9.17, 15) is 23.9 Å². The second-order valence-corrected chi connectivity index (χ2v) is 7.94. The normalized spacial score (nSPS) is 13.5. The summed E-state index contributed by atoms with van der Waals surface area (Å²) in [6.07, 6.45) is 3.71. The van der Waals surface area contributed by atoms with Gasteiger partial charge in [0, 0.05) is 19.3 Å². The molecule has 1 N–H and O–H groups in total. The molecule has 1 aromatic carbocycles. The third-order valence-electron chi connectivity index (χ3n) is 5.69. The minimum absolute atomic E-state index is 0.0203. The van der Waals surface area contributed by atoms with E-state index in [-0.39, 0.29) is 35.9 Å². The Morgan fingerprint density at radius 1 is 1.15 bits per heavy atom. The lowest BCUT2D eigenvalue weighted by Crippen LogP contribution is -2.36. The van der Waals surface area contributed by atoms with Crippen molar-refractivity contribution >= 4 is 22.9 Å². The number of ether oxygens (including phenoxy) is 1. The fraction of sp³-hybridized carbons (Fsp3) is 0.333. The summed E-state index contributed by atoms with van der Waals surface area (Å²) in [5, 5.41) is 10.7. The summed E-state index contributed by atoms with van der Waals surface area (Å²) in [6, 6.07) is 7.65. The number of esters is 1. The summed E-state index contributed by atoms with van der Waals surface area (Å²) >= 11 is 0. The monoisotopic (exact) mass is 453 g/mol. The quantitative estimate of drug-likeness (QED) is 0.576. The average Bonchev–Trinajstić information content (AvgIpc) is 3.33. The molecule has 0 aliphatic carbocycles. The van der Waals surface area contributed by atoms with Crippen LogP contribution in [0.5, 0.6) is 5.75 Å². The fourth-order valence-corrected chi connectivity index (χ4v) is 4.03. The molecule has 1 amide bonds. The van der Waals surface area contributed by atoms with E-state index in [2.05, 4.69) is 4.98 Å². The molecule has 0 atom stereocenters. The van der Waals surface area contributed by atoms with Gasteiger partial charge >= 0.3 is 5.97 Å². The predicted molar refractivity (Wildman–Crippen MR) is 119 cm³/mol. The second-order valence-electron chi connectivity index (χ2n) is 7.94. The molecule has 0 radical (unpaired) electrons. The molecule has 3 aromatic rings. The first-order valence-electron chi connectivity index (χ1n) is 10.8. The second kappa shape index (κ2) is 9.40. The van der Waals surface area contributed by atoms with Crippen LogP contribution in [0, 0.1) is 5.82 Å². The molecule has 0 saturated carbocycles. The first-order chi connectivity index (χ1) is 15.9. The summed E-state index contributed by atoms with van der Waals surface area (Å²) in [7, 11) is 0. The number of fused-ring (bicyclic) bond motifs is 1. The molecule has 1 saturated heterocycles. The van der Waals surface area contributed by atoms with Gasteiger partial charge in [0.1, 0.15) is 17.9 Å². The lowest BCUT2D eigenvalue weighted by atomic mass is 10.1. The van der Waals surface area contributed by atoms with E-state index in [1.807, 2.05) is 0 Å². The first-order valence-corrected chi connectivity index (χ1v) is 10.8. The summed E-state index contributed by atoms with van der Waals surface area (Å²) in [4.78, 5) is 44.5. The van der Waals surface area contributed by atoms with E-state index in [1.54, 1.807) is 30.0 Å². The summed E-state index contributed by atoms with van der Waals surface area (Å²) in [5.41, 5.74) is 0.419. The molecule has 1 fully saturated rings. The van der Waals surface area contributed by atoms with E-state index >= 15 is 0 Å². The topological polar surface area (TPSA) is 102 Å². The van der Waals surface area contributed by atoms with Gasteiger partial charge in [-0.25, -0.2) is 9.18 Å². The summed E-state index contributed by atoms with van der Waals surface area (Å²) in [5.74, 6) is -2.14. The van der Waals surface area contributed by atoms with Gasteiger partial charge in [0.05, 0.1) is 12.1 Å². The first kappa shape index (κ1) is 22.4. The Balaban J connectivity index is 1.83. The minimum atomic E-state index is -0.971. The number of pyridine rings is 2. The number of aromatic nitrogens is 2. The van der Waals surface area contributed by atoms with E-state index in [1.165, 1.54) is 22.9 Å². The zero-order valence-corrected chi connectivity index (χ0v) is 18.2. The van der Waals surface area contributed by atoms with Crippen LogP contribution in [0.1, 0.15) is 41.3 Å². The van der Waals surface area contributed by atoms with Crippen molar-refractivity contribution in [2.45, 2.75) is 32.7 Å². The van der Waals surface area contributed by atoms with Crippen molar-refractivity contribution in [3.63, 3.8) is 0 Å². The number of nitrogens with zero attached hydrogens (tertiary/aromatic N) is 3. The van der Waals surface area contributed by atoms with Crippen molar-refractivity contribution in [1.82, 2.24) is 14.5 Å². The smallest absolute Gasteiger partial charge is 0.347 e. The molecule has 0 spiro atoms. The van der Waals surface area contributed by atoms with Gasteiger partial charge in [-0.1, -0.05) is 12.1 Å². The third-order valence-corrected chi connectivity index (χ3v) is 5.69.